The van der Waals surface area contributed by atoms with E-state index in [4.69, 9.17) is 33.1 Å². The van der Waals surface area contributed by atoms with Crippen LogP contribution in [-0.2, 0) is 0 Å². The highest BCUT2D eigenvalue weighted by Gasteiger charge is 2.25. The number of pyridine rings is 8. The average Bonchev–Trinajstić information content (AvgIpc) is 2.23. The number of fused-ring (bicyclic) bond motifs is 4. The average molecular weight is 1130 g/mol. The second-order valence-corrected chi connectivity index (χ2v) is 20.1. The van der Waals surface area contributed by atoms with E-state index >= 15 is 0 Å². The van der Waals surface area contributed by atoms with Crippen LogP contribution < -0.4 is 38.7 Å². The van der Waals surface area contributed by atoms with Crippen molar-refractivity contribution in [2.45, 2.75) is 39.8 Å². The number of anilines is 2. The number of aryl methyl sites for hydroxylation is 2. The van der Waals surface area contributed by atoms with Crippen LogP contribution in [0.4, 0.5) is 11.6 Å². The molecule has 0 aliphatic carbocycles. The van der Waals surface area contributed by atoms with Crippen molar-refractivity contribution in [3.63, 3.8) is 0 Å². The number of nitrogens with two attached hydrogens (primary N) is 2. The minimum atomic E-state index is -1.39. The second-order valence-electron chi connectivity index (χ2n) is 19.7. The van der Waals surface area contributed by atoms with Crippen LogP contribution in [-0.4, -0.2) is 68.0 Å². The van der Waals surface area contributed by atoms with Gasteiger partial charge in [-0.3, -0.25) is 48.2 Å². The highest BCUT2D eigenvalue weighted by atomic mass is 35.5. The van der Waals surface area contributed by atoms with Crippen molar-refractivity contribution >= 4 is 91.0 Å². The van der Waals surface area contributed by atoms with Crippen molar-refractivity contribution in [1.29, 1.82) is 0 Å². The first-order chi connectivity index (χ1) is 40.6. The van der Waals surface area contributed by atoms with Gasteiger partial charge in [-0.2, -0.15) is 0 Å². The molecule has 20 heteroatoms. The molecule has 2 atom stereocenters. The fraction of sp³-hybridized carbons (Fsp3) is 0.0938. The summed E-state index contributed by atoms with van der Waals surface area (Å²) in [6, 6.07) is 46.7. The minimum absolute atomic E-state index is 0.0849. The molecule has 0 saturated carbocycles. The fourth-order valence-corrected chi connectivity index (χ4v) is 10.2. The molecule has 0 saturated heterocycles. The standard InChI is InChI=1S/C32H26N6O2.C26H20ClN5O2.C6H8BNO2/c1-19-16-21(13-15-34-19)25-12-6-8-22-17-26(38(32(40)27(22)25)24-10-4-3-5-11-24)20(2)37-31(39)28-29-23(9-7-14-35-29)18-36-30(28)33;1-15(31-25(33)22-23-17(8-6-12-29-23)14-30-24(22)28)20-13-16-7-5-11-19(27)21(16)26(34)32(20)18-9-3-2-4-10-18;1-5-4-6(7(9)10)2-3-8-5/h3-18,20H,1-2H3,(H2,33,36)(H,37,39);2-15H,1H3,(H2,28,30)(H,31,33);2-4,9-10H,1H3/t20-;15-;/m00./s1. The molecule has 12 aromatic rings. The van der Waals surface area contributed by atoms with E-state index in [0.29, 0.717) is 71.2 Å². The maximum atomic E-state index is 14.3. The molecular formula is C64H54BClN12O6. The van der Waals surface area contributed by atoms with Crippen LogP contribution in [0.25, 0.3) is 65.9 Å². The molecule has 0 aliphatic heterocycles. The number of rotatable bonds is 10. The molecule has 8 aromatic heterocycles. The van der Waals surface area contributed by atoms with Gasteiger partial charge in [-0.25, -0.2) is 9.97 Å². The van der Waals surface area contributed by atoms with Gasteiger partial charge in [0.05, 0.1) is 38.9 Å². The molecule has 0 spiro atoms. The number of amides is 2. The van der Waals surface area contributed by atoms with Gasteiger partial charge in [0.15, 0.2) is 0 Å². The molecule has 0 radical (unpaired) electrons. The van der Waals surface area contributed by atoms with E-state index in [1.54, 1.807) is 89.6 Å². The van der Waals surface area contributed by atoms with Crippen LogP contribution in [0.15, 0.2) is 204 Å². The Morgan fingerprint density at radius 1 is 0.524 bits per heavy atom. The predicted octanol–water partition coefficient (Wildman–Crippen LogP) is 9.11. The summed E-state index contributed by atoms with van der Waals surface area (Å²) in [5, 5.41) is 27.6. The Hall–Kier alpha value is -10.5. The lowest BCUT2D eigenvalue weighted by atomic mass is 9.81. The zero-order valence-corrected chi connectivity index (χ0v) is 46.6. The second kappa shape index (κ2) is 24.7. The number of carbonyl (C=O) groups excluding carboxylic acids is 2. The Bertz CT molecular complexity index is 4590. The van der Waals surface area contributed by atoms with Gasteiger partial charge in [-0.15, -0.1) is 0 Å². The third-order valence-electron chi connectivity index (χ3n) is 13.9. The molecule has 8 heterocycles. The summed E-state index contributed by atoms with van der Waals surface area (Å²) < 4.78 is 3.23. The Labute approximate surface area is 486 Å². The normalized spacial score (nSPS) is 11.7. The summed E-state index contributed by atoms with van der Waals surface area (Å²) >= 11 is 6.38. The van der Waals surface area contributed by atoms with E-state index in [0.717, 1.165) is 27.9 Å². The number of benzene rings is 4. The lowest BCUT2D eigenvalue weighted by molar-refractivity contribution is 0.0932. The van der Waals surface area contributed by atoms with Gasteiger partial charge in [0.2, 0.25) is 0 Å². The number of hydrogen-bond donors (Lipinski definition) is 6. The quantitative estimate of drug-likeness (QED) is 0.0697. The third kappa shape index (κ3) is 11.8. The zero-order valence-electron chi connectivity index (χ0n) is 45.8. The molecule has 2 amide bonds. The SMILES string of the molecule is C[C@H](NC(=O)c1c(N)ncc2cccnc12)c1cc2cccc(Cl)c2c(=O)n1-c1ccccc1.Cc1cc(-c2cccc3cc([C@H](C)NC(=O)c4c(N)ncc5cccnc45)n(-c4ccccc4)c(=O)c23)ccn1.Cc1cc(B(O)O)ccn1. The first-order valence-electron chi connectivity index (χ1n) is 26.5. The molecule has 12 rings (SSSR count). The highest BCUT2D eigenvalue weighted by Crippen LogP contribution is 2.31. The number of aromatic nitrogens is 8. The summed E-state index contributed by atoms with van der Waals surface area (Å²) in [5.41, 5.74) is 19.5. The lowest BCUT2D eigenvalue weighted by Gasteiger charge is -2.22. The van der Waals surface area contributed by atoms with Crippen molar-refractivity contribution in [3.8, 4) is 22.5 Å². The number of halogens is 1. The summed E-state index contributed by atoms with van der Waals surface area (Å²) in [4.78, 5) is 80.0. The van der Waals surface area contributed by atoms with Crippen molar-refractivity contribution in [1.82, 2.24) is 49.7 Å². The maximum absolute atomic E-state index is 14.3. The summed E-state index contributed by atoms with van der Waals surface area (Å²) in [6.07, 6.45) is 9.68. The summed E-state index contributed by atoms with van der Waals surface area (Å²) in [5.74, 6) is -0.677. The van der Waals surface area contributed by atoms with E-state index in [1.807, 2.05) is 142 Å². The van der Waals surface area contributed by atoms with Gasteiger partial charge >= 0.3 is 7.12 Å². The number of nitrogens with zero attached hydrogens (tertiary/aromatic N) is 8. The number of nitrogen functional groups attached to an aromatic ring is 2. The van der Waals surface area contributed by atoms with Crippen molar-refractivity contribution in [3.05, 3.63) is 255 Å². The van der Waals surface area contributed by atoms with Gasteiger partial charge in [0.1, 0.15) is 22.8 Å². The molecule has 8 N–H and O–H groups in total. The molecule has 0 bridgehead atoms. The van der Waals surface area contributed by atoms with Crippen molar-refractivity contribution in [2.24, 2.45) is 0 Å². The van der Waals surface area contributed by atoms with Gasteiger partial charge in [0.25, 0.3) is 22.9 Å². The van der Waals surface area contributed by atoms with Crippen LogP contribution in [0.1, 0.15) is 69.4 Å². The van der Waals surface area contributed by atoms with E-state index in [2.05, 4.69) is 40.5 Å². The fourth-order valence-electron chi connectivity index (χ4n) is 9.97. The van der Waals surface area contributed by atoms with E-state index in [9.17, 15) is 19.2 Å². The smallest absolute Gasteiger partial charge is 0.423 e. The largest absolute Gasteiger partial charge is 0.488 e. The Balaban J connectivity index is 0.000000162. The van der Waals surface area contributed by atoms with Crippen LogP contribution in [0.2, 0.25) is 5.02 Å². The Kier molecular flexibility index (Phi) is 16.7. The van der Waals surface area contributed by atoms with E-state index < -0.39 is 31.0 Å². The molecule has 416 valence electrons. The van der Waals surface area contributed by atoms with E-state index in [1.165, 1.54) is 0 Å². The zero-order chi connectivity index (χ0) is 59.2. The van der Waals surface area contributed by atoms with Crippen molar-refractivity contribution in [2.75, 3.05) is 11.5 Å². The minimum Gasteiger partial charge on any atom is -0.423 e. The lowest BCUT2D eigenvalue weighted by Crippen LogP contribution is -2.32. The van der Waals surface area contributed by atoms with Crippen LogP contribution in [0.3, 0.4) is 0 Å². The Morgan fingerprint density at radius 2 is 0.988 bits per heavy atom. The summed E-state index contributed by atoms with van der Waals surface area (Å²) in [7, 11) is -1.39. The van der Waals surface area contributed by atoms with E-state index in [-0.39, 0.29) is 33.9 Å². The van der Waals surface area contributed by atoms with Crippen LogP contribution in [0.5, 0.6) is 0 Å². The van der Waals surface area contributed by atoms with Crippen molar-refractivity contribution < 1.29 is 19.6 Å². The third-order valence-corrected chi connectivity index (χ3v) is 14.3. The molecule has 0 fully saturated rings. The predicted molar refractivity (Wildman–Crippen MR) is 331 cm³/mol. The molecule has 0 unspecified atom stereocenters. The molecular weight excluding hydrogens is 1080 g/mol. The molecule has 18 nitrogen and oxygen atoms in total. The number of carbonyl (C=O) groups is 2. The number of para-hydroxylation sites is 2. The Morgan fingerprint density at radius 3 is 1.48 bits per heavy atom. The first kappa shape index (κ1) is 56.8. The molecule has 84 heavy (non-hydrogen) atoms. The molecule has 4 aromatic carbocycles. The maximum Gasteiger partial charge on any atom is 0.488 e. The van der Waals surface area contributed by atoms with Gasteiger partial charge in [-0.05, 0) is 146 Å². The summed E-state index contributed by atoms with van der Waals surface area (Å²) in [6.45, 7) is 7.37. The van der Waals surface area contributed by atoms with Gasteiger partial charge in [0, 0.05) is 82.1 Å². The highest BCUT2D eigenvalue weighted by molar-refractivity contribution is 6.58. The number of nitrogens with one attached hydrogen (secondary N) is 2. The first-order valence-corrected chi connectivity index (χ1v) is 26.9. The number of hydrogen-bond acceptors (Lipinski definition) is 14. The van der Waals surface area contributed by atoms with Gasteiger partial charge in [-0.1, -0.05) is 78.3 Å². The van der Waals surface area contributed by atoms with Crippen LogP contribution in [0, 0.1) is 13.8 Å². The topological polar surface area (TPSA) is 272 Å². The monoisotopic (exact) mass is 1130 g/mol. The molecule has 0 aliphatic rings. The van der Waals surface area contributed by atoms with Crippen LogP contribution >= 0.6 is 11.6 Å². The van der Waals surface area contributed by atoms with Gasteiger partial charge < -0.3 is 32.1 Å².